The number of oxazole rings is 1. The van der Waals surface area contributed by atoms with E-state index in [1.54, 1.807) is 20.8 Å². The van der Waals surface area contributed by atoms with Crippen molar-refractivity contribution >= 4 is 12.1 Å². The summed E-state index contributed by atoms with van der Waals surface area (Å²) in [5.41, 5.74) is 1.40. The van der Waals surface area contributed by atoms with E-state index in [-0.39, 0.29) is 0 Å². The molecule has 1 fully saturated rings. The fraction of sp³-hybridized carbons (Fsp3) is 0.593. The highest BCUT2D eigenvalue weighted by Gasteiger charge is 2.29. The first-order valence-corrected chi connectivity index (χ1v) is 12.5. The molecule has 2 heterocycles. The average Bonchev–Trinajstić information content (AvgIpc) is 3.19. The van der Waals surface area contributed by atoms with Crippen LogP contribution in [0, 0.1) is 12.8 Å². The molecule has 0 spiro atoms. The first-order valence-electron chi connectivity index (χ1n) is 12.5. The van der Waals surface area contributed by atoms with Crippen LogP contribution in [0.15, 0.2) is 34.7 Å². The van der Waals surface area contributed by atoms with Gasteiger partial charge in [0, 0.05) is 5.56 Å². The number of esters is 1. The molecule has 1 saturated heterocycles. The number of aromatic nitrogens is 1. The molecule has 0 unspecified atom stereocenters. The minimum atomic E-state index is -0.694. The van der Waals surface area contributed by atoms with Gasteiger partial charge < -0.3 is 24.1 Å². The average molecular weight is 486 g/mol. The second kappa shape index (κ2) is 12.2. The normalized spacial score (nSPS) is 16.0. The topological polar surface area (TPSA) is 93.9 Å². The third kappa shape index (κ3) is 8.38. The molecule has 1 aromatic carbocycles. The van der Waals surface area contributed by atoms with E-state index in [1.165, 1.54) is 7.11 Å². The number of aryl methyl sites for hydroxylation is 2. The van der Waals surface area contributed by atoms with Gasteiger partial charge in [0.05, 0.1) is 12.8 Å². The number of hydrogen-bond donors (Lipinski definition) is 1. The van der Waals surface area contributed by atoms with Crippen LogP contribution in [0.3, 0.4) is 0 Å². The van der Waals surface area contributed by atoms with Gasteiger partial charge in [-0.15, -0.1) is 0 Å². The van der Waals surface area contributed by atoms with E-state index in [9.17, 15) is 9.59 Å². The molecule has 1 amide bonds. The first-order chi connectivity index (χ1) is 16.6. The van der Waals surface area contributed by atoms with E-state index < -0.39 is 23.7 Å². The van der Waals surface area contributed by atoms with E-state index >= 15 is 0 Å². The van der Waals surface area contributed by atoms with Gasteiger partial charge in [-0.2, -0.15) is 0 Å². The van der Waals surface area contributed by atoms with Crippen molar-refractivity contribution in [1.29, 1.82) is 0 Å². The lowest BCUT2D eigenvalue weighted by molar-refractivity contribution is -0.143. The zero-order chi connectivity index (χ0) is 25.4. The summed E-state index contributed by atoms with van der Waals surface area (Å²) >= 11 is 0. The van der Waals surface area contributed by atoms with Crippen LogP contribution in [0.1, 0.15) is 57.9 Å². The number of rotatable bonds is 9. The van der Waals surface area contributed by atoms with Gasteiger partial charge in [-0.3, -0.25) is 0 Å². The number of likely N-dealkylation sites (tertiary alicyclic amines) is 1. The fourth-order valence-electron chi connectivity index (χ4n) is 4.42. The van der Waals surface area contributed by atoms with Crippen LogP contribution in [-0.2, 0) is 20.7 Å². The number of nitrogens with zero attached hydrogens (tertiary/aromatic N) is 2. The zero-order valence-electron chi connectivity index (χ0n) is 21.6. The number of methoxy groups -OCH3 is 1. The van der Waals surface area contributed by atoms with E-state index in [1.807, 2.05) is 37.3 Å². The van der Waals surface area contributed by atoms with Crippen LogP contribution in [0.25, 0.3) is 11.5 Å². The van der Waals surface area contributed by atoms with Gasteiger partial charge in [0.15, 0.2) is 0 Å². The maximum Gasteiger partial charge on any atom is 0.408 e. The van der Waals surface area contributed by atoms with Crippen LogP contribution < -0.4 is 5.32 Å². The molecule has 0 radical (unpaired) electrons. The largest absolute Gasteiger partial charge is 0.467 e. The lowest BCUT2D eigenvalue weighted by Gasteiger charge is -2.33. The summed E-state index contributed by atoms with van der Waals surface area (Å²) in [4.78, 5) is 31.6. The molecule has 1 aliphatic heterocycles. The number of carbonyl (C=O) groups is 2. The second-order valence-corrected chi connectivity index (χ2v) is 10.2. The molecule has 1 atom stereocenters. The highest BCUT2D eigenvalue weighted by Crippen LogP contribution is 2.24. The maximum atomic E-state index is 12.2. The van der Waals surface area contributed by atoms with Crippen LogP contribution in [-0.4, -0.2) is 60.3 Å². The van der Waals surface area contributed by atoms with Crippen LogP contribution in [0.4, 0.5) is 4.79 Å². The maximum absolute atomic E-state index is 12.2. The van der Waals surface area contributed by atoms with E-state index in [2.05, 4.69) is 10.2 Å². The van der Waals surface area contributed by atoms with Crippen molar-refractivity contribution in [3.8, 4) is 11.5 Å². The fourth-order valence-corrected chi connectivity index (χ4v) is 4.42. The lowest BCUT2D eigenvalue weighted by Crippen LogP contribution is -2.46. The van der Waals surface area contributed by atoms with E-state index in [0.717, 1.165) is 62.3 Å². The molecule has 8 nitrogen and oxygen atoms in total. The van der Waals surface area contributed by atoms with Crippen LogP contribution in [0.5, 0.6) is 0 Å². The predicted molar refractivity (Wildman–Crippen MR) is 134 cm³/mol. The molecule has 1 N–H and O–H groups in total. The van der Waals surface area contributed by atoms with Crippen molar-refractivity contribution < 1.29 is 23.5 Å². The van der Waals surface area contributed by atoms with Crippen molar-refractivity contribution in [3.63, 3.8) is 0 Å². The Labute approximate surface area is 208 Å². The summed E-state index contributed by atoms with van der Waals surface area (Å²) in [5.74, 6) is 1.47. The molecule has 3 rings (SSSR count). The molecule has 1 aromatic heterocycles. The van der Waals surface area contributed by atoms with Crippen molar-refractivity contribution in [2.45, 2.75) is 71.4 Å². The second-order valence-electron chi connectivity index (χ2n) is 10.2. The highest BCUT2D eigenvalue weighted by molar-refractivity contribution is 5.81. The minimum Gasteiger partial charge on any atom is -0.467 e. The third-order valence-electron chi connectivity index (χ3n) is 6.25. The molecule has 192 valence electrons. The minimum absolute atomic E-state index is 0.344. The number of benzene rings is 1. The summed E-state index contributed by atoms with van der Waals surface area (Å²) in [5, 5.41) is 2.69. The number of nitrogens with one attached hydrogen (secondary N) is 1. The Morgan fingerprint density at radius 2 is 1.89 bits per heavy atom. The van der Waals surface area contributed by atoms with E-state index in [0.29, 0.717) is 18.2 Å². The summed E-state index contributed by atoms with van der Waals surface area (Å²) in [6, 6.07) is 9.27. The van der Waals surface area contributed by atoms with Gasteiger partial charge in [-0.05, 0) is 97.5 Å². The van der Waals surface area contributed by atoms with Crippen LogP contribution >= 0.6 is 0 Å². The van der Waals surface area contributed by atoms with Gasteiger partial charge in [0.1, 0.15) is 17.4 Å². The standard InChI is InChI=1S/C27H39N3O5/c1-19-22(28-24(34-19)21-10-7-6-8-11-21)12-9-15-30-16-13-20(14-17-30)18-23(25(31)33-5)29-26(32)35-27(2,3)4/h6-8,10-11,20,23H,9,12-18H2,1-5H3,(H,29,32)/t23-/m0/s1. The van der Waals surface area contributed by atoms with Gasteiger partial charge in [-0.25, -0.2) is 14.6 Å². The smallest absolute Gasteiger partial charge is 0.408 e. The molecule has 0 saturated carbocycles. The Hall–Kier alpha value is -2.87. The summed E-state index contributed by atoms with van der Waals surface area (Å²) in [6.45, 7) is 10.3. The summed E-state index contributed by atoms with van der Waals surface area (Å²) < 4.78 is 16.1. The predicted octanol–water partition coefficient (Wildman–Crippen LogP) is 4.75. The van der Waals surface area contributed by atoms with Gasteiger partial charge in [0.2, 0.25) is 5.89 Å². The van der Waals surface area contributed by atoms with Crippen molar-refractivity contribution in [1.82, 2.24) is 15.2 Å². The summed E-state index contributed by atoms with van der Waals surface area (Å²) in [7, 11) is 1.34. The van der Waals surface area contributed by atoms with Crippen molar-refractivity contribution in [2.75, 3.05) is 26.7 Å². The molecule has 35 heavy (non-hydrogen) atoms. The van der Waals surface area contributed by atoms with Crippen molar-refractivity contribution in [3.05, 3.63) is 41.8 Å². The Balaban J connectivity index is 1.42. The van der Waals surface area contributed by atoms with Crippen molar-refractivity contribution in [2.24, 2.45) is 5.92 Å². The number of ether oxygens (including phenoxy) is 2. The van der Waals surface area contributed by atoms with E-state index in [4.69, 9.17) is 18.9 Å². The molecule has 1 aliphatic rings. The number of piperidine rings is 1. The van der Waals surface area contributed by atoms with Gasteiger partial charge in [-0.1, -0.05) is 18.2 Å². The molecular weight excluding hydrogens is 446 g/mol. The number of amides is 1. The molecule has 0 aliphatic carbocycles. The van der Waals surface area contributed by atoms with Gasteiger partial charge in [0.25, 0.3) is 0 Å². The SMILES string of the molecule is COC(=O)[C@H](CC1CCN(CCCc2nc(-c3ccccc3)oc2C)CC1)NC(=O)OC(C)(C)C. The molecular formula is C27H39N3O5. The zero-order valence-corrected chi connectivity index (χ0v) is 21.6. The highest BCUT2D eigenvalue weighted by atomic mass is 16.6. The molecule has 8 heteroatoms. The Bertz CT molecular complexity index is 959. The lowest BCUT2D eigenvalue weighted by atomic mass is 9.90. The van der Waals surface area contributed by atoms with Gasteiger partial charge >= 0.3 is 12.1 Å². The first kappa shape index (κ1) is 26.7. The quantitative estimate of drug-likeness (QED) is 0.512. The summed E-state index contributed by atoms with van der Waals surface area (Å²) in [6.07, 6.45) is 3.81. The Morgan fingerprint density at radius 3 is 2.51 bits per heavy atom. The third-order valence-corrected chi connectivity index (χ3v) is 6.25. The number of carbonyl (C=O) groups excluding carboxylic acids is 2. The number of alkyl carbamates (subject to hydrolysis) is 1. The molecule has 0 bridgehead atoms. The Morgan fingerprint density at radius 1 is 1.20 bits per heavy atom. The number of hydrogen-bond acceptors (Lipinski definition) is 7. The Kier molecular flexibility index (Phi) is 9.32. The monoisotopic (exact) mass is 485 g/mol. The molecule has 2 aromatic rings. The van der Waals surface area contributed by atoms with Crippen LogP contribution in [0.2, 0.25) is 0 Å².